The molecule has 0 saturated heterocycles. The molecule has 1 aromatic carbocycles. The molecule has 1 rings (SSSR count). The van der Waals surface area contributed by atoms with Gasteiger partial charge in [0.15, 0.2) is 0 Å². The van der Waals surface area contributed by atoms with E-state index < -0.39 is 5.97 Å². The van der Waals surface area contributed by atoms with Gasteiger partial charge >= 0.3 is 5.97 Å². The van der Waals surface area contributed by atoms with Crippen LogP contribution in [0.4, 0.5) is 0 Å². The van der Waals surface area contributed by atoms with Crippen molar-refractivity contribution in [1.29, 1.82) is 0 Å². The van der Waals surface area contributed by atoms with Crippen LogP contribution in [-0.4, -0.2) is 42.9 Å². The van der Waals surface area contributed by atoms with Gasteiger partial charge in [0.05, 0.1) is 6.61 Å². The second-order valence-electron chi connectivity index (χ2n) is 4.05. The van der Waals surface area contributed by atoms with E-state index in [0.717, 1.165) is 41.9 Å². The number of hydrogen-bond donors (Lipinski definition) is 1. The molecule has 0 spiro atoms. The molecule has 110 valence electrons. The fourth-order valence-corrected chi connectivity index (χ4v) is 2.20. The molecule has 20 heavy (non-hydrogen) atoms. The summed E-state index contributed by atoms with van der Waals surface area (Å²) in [4.78, 5) is 10.4. The van der Waals surface area contributed by atoms with E-state index in [0.29, 0.717) is 6.61 Å². The van der Waals surface area contributed by atoms with E-state index in [1.54, 1.807) is 13.2 Å². The van der Waals surface area contributed by atoms with Crippen LogP contribution in [-0.2, 0) is 9.53 Å². The molecule has 0 aliphatic heterocycles. The van der Waals surface area contributed by atoms with Crippen molar-refractivity contribution in [3.63, 3.8) is 0 Å². The van der Waals surface area contributed by atoms with Crippen LogP contribution in [0.25, 0.3) is 6.08 Å². The number of rotatable bonds is 10. The van der Waals surface area contributed by atoms with Gasteiger partial charge in [-0.1, -0.05) is 12.1 Å². The smallest absolute Gasteiger partial charge is 0.328 e. The van der Waals surface area contributed by atoms with Crippen LogP contribution in [0.15, 0.2) is 30.3 Å². The molecule has 0 aliphatic rings. The van der Waals surface area contributed by atoms with Crippen molar-refractivity contribution in [2.75, 3.05) is 31.8 Å². The highest BCUT2D eigenvalue weighted by atomic mass is 32.2. The summed E-state index contributed by atoms with van der Waals surface area (Å²) in [7, 11) is 1.71. The minimum Gasteiger partial charge on any atom is -0.493 e. The maximum atomic E-state index is 10.4. The van der Waals surface area contributed by atoms with Crippen LogP contribution in [0.5, 0.6) is 5.75 Å². The van der Waals surface area contributed by atoms with E-state index in [1.807, 2.05) is 36.0 Å². The molecule has 0 bridgehead atoms. The van der Waals surface area contributed by atoms with Gasteiger partial charge in [0.1, 0.15) is 5.75 Å². The molecule has 1 aromatic rings. The zero-order valence-electron chi connectivity index (χ0n) is 11.6. The predicted octanol–water partition coefficient (Wildman–Crippen LogP) is 2.93. The highest BCUT2D eigenvalue weighted by Gasteiger charge is 1.95. The molecule has 0 aromatic heterocycles. The third-order valence-corrected chi connectivity index (χ3v) is 3.46. The van der Waals surface area contributed by atoms with Crippen LogP contribution < -0.4 is 4.74 Å². The van der Waals surface area contributed by atoms with E-state index >= 15 is 0 Å². The van der Waals surface area contributed by atoms with Crippen LogP contribution >= 0.6 is 11.8 Å². The first kappa shape index (κ1) is 16.6. The third kappa shape index (κ3) is 7.86. The van der Waals surface area contributed by atoms with Gasteiger partial charge in [-0.2, -0.15) is 11.8 Å². The Bertz CT molecular complexity index is 414. The van der Waals surface area contributed by atoms with E-state index in [9.17, 15) is 4.79 Å². The molecular formula is C15H20O4S. The van der Waals surface area contributed by atoms with E-state index in [-0.39, 0.29) is 0 Å². The Kier molecular flexibility index (Phi) is 8.58. The number of hydrogen-bond acceptors (Lipinski definition) is 4. The number of carboxylic acid groups (broad SMARTS) is 1. The highest BCUT2D eigenvalue weighted by Crippen LogP contribution is 2.14. The summed E-state index contributed by atoms with van der Waals surface area (Å²) >= 11 is 1.85. The lowest BCUT2D eigenvalue weighted by Gasteiger charge is -2.06. The topological polar surface area (TPSA) is 55.8 Å². The summed E-state index contributed by atoms with van der Waals surface area (Å²) in [6, 6.07) is 7.36. The number of carbonyl (C=O) groups is 1. The second-order valence-corrected chi connectivity index (χ2v) is 5.27. The fraction of sp³-hybridized carbons (Fsp3) is 0.400. The largest absolute Gasteiger partial charge is 0.493 e. The quantitative estimate of drug-likeness (QED) is 0.531. The molecule has 0 fully saturated rings. The van der Waals surface area contributed by atoms with Gasteiger partial charge in [0.25, 0.3) is 0 Å². The Hall–Kier alpha value is -1.46. The Morgan fingerprint density at radius 2 is 2.00 bits per heavy atom. The standard InChI is InChI=1S/C15H20O4S/c1-18-9-2-11-20-12-10-19-14-6-3-13(4-7-14)5-8-15(16)17/h3-8H,2,9-12H2,1H3,(H,16,17). The number of aliphatic carboxylic acids is 1. The van der Waals surface area contributed by atoms with Gasteiger partial charge in [-0.25, -0.2) is 4.79 Å². The minimum atomic E-state index is -0.948. The van der Waals surface area contributed by atoms with Gasteiger partial charge in [0, 0.05) is 25.5 Å². The predicted molar refractivity (Wildman–Crippen MR) is 82.4 cm³/mol. The first-order valence-electron chi connectivity index (χ1n) is 6.43. The van der Waals surface area contributed by atoms with Crippen LogP contribution in [0.1, 0.15) is 12.0 Å². The van der Waals surface area contributed by atoms with Crippen molar-refractivity contribution in [3.8, 4) is 5.75 Å². The highest BCUT2D eigenvalue weighted by molar-refractivity contribution is 7.99. The number of methoxy groups -OCH3 is 1. The average Bonchev–Trinajstić information content (AvgIpc) is 2.45. The SMILES string of the molecule is COCCCSCCOc1ccc(C=CC(=O)O)cc1. The maximum absolute atomic E-state index is 10.4. The number of thioether (sulfide) groups is 1. The van der Waals surface area contributed by atoms with Gasteiger partial charge in [-0.3, -0.25) is 0 Å². The minimum absolute atomic E-state index is 0.669. The summed E-state index contributed by atoms with van der Waals surface area (Å²) in [5, 5.41) is 8.53. The summed E-state index contributed by atoms with van der Waals surface area (Å²) in [6.45, 7) is 1.47. The Morgan fingerprint density at radius 1 is 1.25 bits per heavy atom. The summed E-state index contributed by atoms with van der Waals surface area (Å²) in [6.07, 6.45) is 3.73. The van der Waals surface area contributed by atoms with Crippen molar-refractivity contribution in [3.05, 3.63) is 35.9 Å². The number of carboxylic acids is 1. The Balaban J connectivity index is 2.20. The molecule has 0 radical (unpaired) electrons. The first-order chi connectivity index (χ1) is 9.72. The summed E-state index contributed by atoms with van der Waals surface area (Å²) < 4.78 is 10.6. The molecular weight excluding hydrogens is 276 g/mol. The zero-order valence-corrected chi connectivity index (χ0v) is 12.4. The molecule has 0 atom stereocenters. The lowest BCUT2D eigenvalue weighted by molar-refractivity contribution is -0.131. The lowest BCUT2D eigenvalue weighted by atomic mass is 10.2. The fourth-order valence-electron chi connectivity index (χ4n) is 1.47. The maximum Gasteiger partial charge on any atom is 0.328 e. The molecule has 0 amide bonds. The van der Waals surface area contributed by atoms with Gasteiger partial charge in [-0.05, 0) is 35.9 Å². The first-order valence-corrected chi connectivity index (χ1v) is 7.58. The molecule has 4 nitrogen and oxygen atoms in total. The Morgan fingerprint density at radius 3 is 2.65 bits per heavy atom. The van der Waals surface area contributed by atoms with Crippen LogP contribution in [0.3, 0.4) is 0 Å². The summed E-state index contributed by atoms with van der Waals surface area (Å²) in [5.41, 5.74) is 0.841. The van der Waals surface area contributed by atoms with Crippen LogP contribution in [0.2, 0.25) is 0 Å². The van der Waals surface area contributed by atoms with Crippen molar-refractivity contribution >= 4 is 23.8 Å². The molecule has 0 aliphatic carbocycles. The van der Waals surface area contributed by atoms with Crippen molar-refractivity contribution in [1.82, 2.24) is 0 Å². The second kappa shape index (κ2) is 10.3. The van der Waals surface area contributed by atoms with E-state index in [2.05, 4.69) is 0 Å². The third-order valence-electron chi connectivity index (χ3n) is 2.43. The van der Waals surface area contributed by atoms with Crippen molar-refractivity contribution in [2.24, 2.45) is 0 Å². The van der Waals surface area contributed by atoms with E-state index in [4.69, 9.17) is 14.6 Å². The van der Waals surface area contributed by atoms with E-state index in [1.165, 1.54) is 0 Å². The normalized spacial score (nSPS) is 10.8. The van der Waals surface area contributed by atoms with Crippen LogP contribution in [0, 0.1) is 0 Å². The zero-order chi connectivity index (χ0) is 14.6. The van der Waals surface area contributed by atoms with Gasteiger partial charge < -0.3 is 14.6 Å². The monoisotopic (exact) mass is 296 g/mol. The molecule has 0 heterocycles. The average molecular weight is 296 g/mol. The molecule has 0 saturated carbocycles. The van der Waals surface area contributed by atoms with Crippen molar-refractivity contribution < 1.29 is 19.4 Å². The number of benzene rings is 1. The van der Waals surface area contributed by atoms with Gasteiger partial charge in [0.2, 0.25) is 0 Å². The molecule has 1 N–H and O–H groups in total. The Labute approximate surface area is 123 Å². The molecule has 0 unspecified atom stereocenters. The lowest BCUT2D eigenvalue weighted by Crippen LogP contribution is -2.01. The summed E-state index contributed by atoms with van der Waals surface area (Å²) in [5.74, 6) is 1.88. The van der Waals surface area contributed by atoms with Crippen molar-refractivity contribution in [2.45, 2.75) is 6.42 Å². The number of ether oxygens (including phenoxy) is 2. The molecule has 5 heteroatoms. The van der Waals surface area contributed by atoms with Gasteiger partial charge in [-0.15, -0.1) is 0 Å².